The molecule has 0 aliphatic rings. The van der Waals surface area contributed by atoms with Crippen molar-refractivity contribution < 1.29 is 9.13 Å². The number of ether oxygens (including phenoxy) is 1. The van der Waals surface area contributed by atoms with Gasteiger partial charge in [0, 0.05) is 24.7 Å². The van der Waals surface area contributed by atoms with Gasteiger partial charge in [0.2, 0.25) is 0 Å². The summed E-state index contributed by atoms with van der Waals surface area (Å²) in [6.07, 6.45) is 2.74. The lowest BCUT2D eigenvalue weighted by Crippen LogP contribution is -2.25. The fraction of sp³-hybridized carbons (Fsp3) is 0.154. The van der Waals surface area contributed by atoms with E-state index >= 15 is 0 Å². The van der Waals surface area contributed by atoms with Crippen LogP contribution in [-0.4, -0.2) is 14.1 Å². The molecule has 0 fully saturated rings. The fourth-order valence-corrected chi connectivity index (χ4v) is 4.08. The van der Waals surface area contributed by atoms with Gasteiger partial charge in [-0.1, -0.05) is 23.7 Å². The number of hydrogen-bond acceptors (Lipinski definition) is 5. The van der Waals surface area contributed by atoms with E-state index in [9.17, 15) is 14.4 Å². The summed E-state index contributed by atoms with van der Waals surface area (Å²) in [6, 6.07) is 16.4. The predicted molar refractivity (Wildman–Crippen MR) is 128 cm³/mol. The fourth-order valence-electron chi connectivity index (χ4n) is 3.85. The van der Waals surface area contributed by atoms with Crippen molar-refractivity contribution >= 4 is 11.6 Å². The van der Waals surface area contributed by atoms with Crippen LogP contribution in [0.5, 0.6) is 0 Å². The van der Waals surface area contributed by atoms with E-state index in [4.69, 9.17) is 21.6 Å². The minimum Gasteiger partial charge on any atom is -0.361 e. The van der Waals surface area contributed by atoms with Crippen molar-refractivity contribution in [1.29, 1.82) is 10.5 Å². The highest BCUT2D eigenvalue weighted by atomic mass is 35.5. The molecule has 2 aromatic heterocycles. The summed E-state index contributed by atoms with van der Waals surface area (Å²) < 4.78 is 23.6. The van der Waals surface area contributed by atoms with Gasteiger partial charge in [0.25, 0.3) is 5.56 Å². The lowest BCUT2D eigenvalue weighted by atomic mass is 10.0. The largest absolute Gasteiger partial charge is 0.361 e. The normalized spacial score (nSPS) is 11.6. The van der Waals surface area contributed by atoms with Crippen LogP contribution in [0.4, 0.5) is 4.39 Å². The van der Waals surface area contributed by atoms with Gasteiger partial charge in [-0.15, -0.1) is 0 Å². The molecular weight excluding hydrogens is 469 g/mol. The SMILES string of the molecule is Cn1cncc1C(OCc1c(-c2cc(F)cc(Cl)c2)cc(C#N)c(=O)n1C)c1ccc(C#N)cc1. The molecule has 0 aliphatic carbocycles. The molecule has 35 heavy (non-hydrogen) atoms. The molecule has 0 saturated carbocycles. The molecule has 2 heterocycles. The van der Waals surface area contributed by atoms with E-state index in [0.717, 1.165) is 11.3 Å². The molecule has 0 saturated heterocycles. The van der Waals surface area contributed by atoms with Crippen molar-refractivity contribution in [1.82, 2.24) is 14.1 Å². The summed E-state index contributed by atoms with van der Waals surface area (Å²) in [5.74, 6) is -0.544. The highest BCUT2D eigenvalue weighted by molar-refractivity contribution is 6.30. The van der Waals surface area contributed by atoms with Gasteiger partial charge in [0.05, 0.1) is 42.2 Å². The van der Waals surface area contributed by atoms with Crippen LogP contribution in [0.1, 0.15) is 34.2 Å². The summed E-state index contributed by atoms with van der Waals surface area (Å²) >= 11 is 6.08. The van der Waals surface area contributed by atoms with Gasteiger partial charge in [-0.3, -0.25) is 4.79 Å². The van der Waals surface area contributed by atoms with Crippen LogP contribution in [0.3, 0.4) is 0 Å². The monoisotopic (exact) mass is 487 g/mol. The summed E-state index contributed by atoms with van der Waals surface area (Å²) in [6.45, 7) is -0.0449. The number of nitrogens with zero attached hydrogens (tertiary/aromatic N) is 5. The molecule has 0 N–H and O–H groups in total. The number of imidazole rings is 1. The molecule has 1 unspecified atom stereocenters. The molecule has 0 bridgehead atoms. The first-order valence-electron chi connectivity index (χ1n) is 10.5. The Morgan fingerprint density at radius 2 is 1.86 bits per heavy atom. The van der Waals surface area contributed by atoms with Crippen molar-refractivity contribution in [3.05, 3.63) is 110 Å². The Balaban J connectivity index is 1.81. The maximum absolute atomic E-state index is 14.2. The zero-order chi connectivity index (χ0) is 25.1. The summed E-state index contributed by atoms with van der Waals surface area (Å²) in [7, 11) is 3.37. The summed E-state index contributed by atoms with van der Waals surface area (Å²) in [4.78, 5) is 16.9. The molecule has 0 spiro atoms. The van der Waals surface area contributed by atoms with Crippen LogP contribution in [0.25, 0.3) is 11.1 Å². The van der Waals surface area contributed by atoms with Crippen LogP contribution >= 0.6 is 11.6 Å². The van der Waals surface area contributed by atoms with Crippen LogP contribution in [0.2, 0.25) is 5.02 Å². The Labute approximate surface area is 205 Å². The third kappa shape index (κ3) is 4.85. The highest BCUT2D eigenvalue weighted by Gasteiger charge is 2.22. The second kappa shape index (κ2) is 9.94. The third-order valence-corrected chi connectivity index (χ3v) is 5.90. The van der Waals surface area contributed by atoms with Crippen molar-refractivity contribution in [2.24, 2.45) is 14.1 Å². The Morgan fingerprint density at radius 1 is 1.11 bits per heavy atom. The van der Waals surface area contributed by atoms with Crippen molar-refractivity contribution in [2.75, 3.05) is 0 Å². The van der Waals surface area contributed by atoms with Crippen LogP contribution < -0.4 is 5.56 Å². The molecule has 7 nitrogen and oxygen atoms in total. The zero-order valence-corrected chi connectivity index (χ0v) is 19.6. The molecule has 174 valence electrons. The lowest BCUT2D eigenvalue weighted by molar-refractivity contribution is 0.0585. The minimum atomic E-state index is -0.579. The first-order chi connectivity index (χ1) is 16.8. The summed E-state index contributed by atoms with van der Waals surface area (Å²) in [5.41, 5.74) is 2.78. The average molecular weight is 488 g/mol. The van der Waals surface area contributed by atoms with E-state index in [-0.39, 0.29) is 17.2 Å². The molecule has 2 aromatic carbocycles. The quantitative estimate of drug-likeness (QED) is 0.395. The Kier molecular flexibility index (Phi) is 6.79. The third-order valence-electron chi connectivity index (χ3n) is 5.69. The first kappa shape index (κ1) is 23.9. The number of benzene rings is 2. The molecule has 0 radical (unpaired) electrons. The number of nitriles is 2. The van der Waals surface area contributed by atoms with Gasteiger partial charge in [-0.25, -0.2) is 9.37 Å². The van der Waals surface area contributed by atoms with E-state index in [2.05, 4.69) is 11.1 Å². The number of rotatable bonds is 6. The van der Waals surface area contributed by atoms with Crippen LogP contribution in [0.15, 0.2) is 65.8 Å². The standard InChI is InChI=1S/C26H19ClFN5O2/c1-32-15-31-13-23(32)25(17-5-3-16(11-29)4-6-17)35-14-24-22(9-19(12-30)26(34)33(24)2)18-7-20(27)10-21(28)8-18/h3-10,13,15,25H,14H2,1-2H3. The molecule has 4 aromatic rings. The Morgan fingerprint density at radius 3 is 2.46 bits per heavy atom. The number of aromatic nitrogens is 3. The first-order valence-corrected chi connectivity index (χ1v) is 10.9. The molecule has 0 aliphatic heterocycles. The molecular formula is C26H19ClFN5O2. The zero-order valence-electron chi connectivity index (χ0n) is 18.9. The van der Waals surface area contributed by atoms with E-state index in [1.165, 1.54) is 29.8 Å². The van der Waals surface area contributed by atoms with Gasteiger partial charge >= 0.3 is 0 Å². The average Bonchev–Trinajstić information content (AvgIpc) is 3.27. The number of halogens is 2. The van der Waals surface area contributed by atoms with Crippen molar-refractivity contribution in [3.63, 3.8) is 0 Å². The molecule has 4 rings (SSSR count). The van der Waals surface area contributed by atoms with Crippen LogP contribution in [-0.2, 0) is 25.4 Å². The van der Waals surface area contributed by atoms with E-state index in [1.54, 1.807) is 42.9 Å². The Bertz CT molecular complexity index is 1520. The minimum absolute atomic E-state index is 0.0449. The molecule has 0 amide bonds. The van der Waals surface area contributed by atoms with Crippen molar-refractivity contribution in [2.45, 2.75) is 12.7 Å². The van der Waals surface area contributed by atoms with E-state index in [0.29, 0.717) is 22.4 Å². The smallest absolute Gasteiger partial charge is 0.268 e. The predicted octanol–water partition coefficient (Wildman–Crippen LogP) is 4.63. The number of pyridine rings is 1. The lowest BCUT2D eigenvalue weighted by Gasteiger charge is -2.22. The van der Waals surface area contributed by atoms with E-state index < -0.39 is 17.5 Å². The van der Waals surface area contributed by atoms with Gasteiger partial charge in [0.15, 0.2) is 0 Å². The molecule has 9 heteroatoms. The Hall–Kier alpha value is -4.24. The highest BCUT2D eigenvalue weighted by Crippen LogP contribution is 2.31. The second-order valence-electron chi connectivity index (χ2n) is 7.91. The van der Waals surface area contributed by atoms with Gasteiger partial charge in [0.1, 0.15) is 23.6 Å². The number of hydrogen-bond donors (Lipinski definition) is 0. The summed E-state index contributed by atoms with van der Waals surface area (Å²) in [5, 5.41) is 18.8. The van der Waals surface area contributed by atoms with E-state index in [1.807, 2.05) is 17.7 Å². The second-order valence-corrected chi connectivity index (χ2v) is 8.34. The van der Waals surface area contributed by atoms with Gasteiger partial charge in [-0.2, -0.15) is 10.5 Å². The van der Waals surface area contributed by atoms with Crippen LogP contribution in [0, 0.1) is 28.5 Å². The van der Waals surface area contributed by atoms with Crippen molar-refractivity contribution in [3.8, 4) is 23.3 Å². The van der Waals surface area contributed by atoms with Gasteiger partial charge in [-0.05, 0) is 47.5 Å². The maximum atomic E-state index is 14.2. The molecule has 1 atom stereocenters. The number of aryl methyl sites for hydroxylation is 1. The van der Waals surface area contributed by atoms with Gasteiger partial charge < -0.3 is 13.9 Å². The maximum Gasteiger partial charge on any atom is 0.268 e. The topological polar surface area (TPSA) is 96.6 Å².